The van der Waals surface area contributed by atoms with Crippen LogP contribution in [0.4, 0.5) is 24.5 Å². The predicted molar refractivity (Wildman–Crippen MR) is 70.4 cm³/mol. The highest BCUT2D eigenvalue weighted by Crippen LogP contribution is 2.35. The van der Waals surface area contributed by atoms with E-state index in [2.05, 4.69) is 0 Å². The number of nitrogens with two attached hydrogens (primary N) is 2. The molecule has 4 nitrogen and oxygen atoms in total. The summed E-state index contributed by atoms with van der Waals surface area (Å²) < 4.78 is 37.8. The quantitative estimate of drug-likeness (QED) is 0.819. The summed E-state index contributed by atoms with van der Waals surface area (Å²) >= 11 is 0. The Hall–Kier alpha value is -1.92. The van der Waals surface area contributed by atoms with Gasteiger partial charge in [0, 0.05) is 24.5 Å². The summed E-state index contributed by atoms with van der Waals surface area (Å²) in [6.45, 7) is 0.596. The van der Waals surface area contributed by atoms with Crippen LogP contribution in [-0.4, -0.2) is 25.2 Å². The topological polar surface area (TPSA) is 72.4 Å². The number of carbonyl (C=O) groups is 1. The number of nitrogens with zero attached hydrogens (tertiary/aromatic N) is 1. The summed E-state index contributed by atoms with van der Waals surface area (Å²) in [7, 11) is 0. The molecule has 1 fully saturated rings. The number of piperidine rings is 1. The highest BCUT2D eigenvalue weighted by molar-refractivity contribution is 5.99. The van der Waals surface area contributed by atoms with Gasteiger partial charge >= 0.3 is 6.18 Å². The third-order valence-corrected chi connectivity index (χ3v) is 3.63. The van der Waals surface area contributed by atoms with Gasteiger partial charge in [0.15, 0.2) is 0 Å². The Kier molecular flexibility index (Phi) is 3.78. The lowest BCUT2D eigenvalue weighted by molar-refractivity contribution is -0.179. The lowest BCUT2D eigenvalue weighted by Gasteiger charge is -2.34. The van der Waals surface area contributed by atoms with Crippen LogP contribution in [0.3, 0.4) is 0 Å². The fourth-order valence-electron chi connectivity index (χ4n) is 2.42. The Morgan fingerprint density at radius 3 is 2.35 bits per heavy atom. The van der Waals surface area contributed by atoms with E-state index in [1.54, 1.807) is 12.1 Å². The molecule has 1 heterocycles. The number of benzene rings is 1. The van der Waals surface area contributed by atoms with Crippen LogP contribution in [-0.2, 0) is 0 Å². The van der Waals surface area contributed by atoms with Gasteiger partial charge in [-0.3, -0.25) is 4.79 Å². The van der Waals surface area contributed by atoms with E-state index in [0.717, 1.165) is 0 Å². The van der Waals surface area contributed by atoms with Gasteiger partial charge < -0.3 is 16.4 Å². The fourth-order valence-corrected chi connectivity index (χ4v) is 2.42. The van der Waals surface area contributed by atoms with Gasteiger partial charge in [0.25, 0.3) is 5.91 Å². The van der Waals surface area contributed by atoms with Gasteiger partial charge in [0.05, 0.1) is 11.5 Å². The van der Waals surface area contributed by atoms with E-state index >= 15 is 0 Å². The maximum absolute atomic E-state index is 12.6. The van der Waals surface area contributed by atoms with E-state index in [-0.39, 0.29) is 24.1 Å². The van der Waals surface area contributed by atoms with Gasteiger partial charge in [-0.25, -0.2) is 0 Å². The van der Waals surface area contributed by atoms with E-state index in [4.69, 9.17) is 11.5 Å². The Bertz CT molecular complexity index is 508. The molecule has 7 heteroatoms. The third-order valence-electron chi connectivity index (χ3n) is 3.63. The van der Waals surface area contributed by atoms with Crippen LogP contribution in [0, 0.1) is 5.92 Å². The van der Waals surface area contributed by atoms with Crippen LogP contribution in [0.2, 0.25) is 0 Å². The van der Waals surface area contributed by atoms with Crippen molar-refractivity contribution in [1.29, 1.82) is 0 Å². The molecule has 0 radical (unpaired) electrons. The molecule has 4 N–H and O–H groups in total. The van der Waals surface area contributed by atoms with E-state index in [1.807, 2.05) is 4.90 Å². The molecule has 110 valence electrons. The van der Waals surface area contributed by atoms with Gasteiger partial charge in [-0.2, -0.15) is 13.2 Å². The first-order valence-corrected chi connectivity index (χ1v) is 6.30. The molecule has 1 aliphatic rings. The lowest BCUT2D eigenvalue weighted by Crippen LogP contribution is -2.39. The summed E-state index contributed by atoms with van der Waals surface area (Å²) in [4.78, 5) is 13.0. The molecule has 1 amide bonds. The molecule has 1 aromatic rings. The molecule has 0 saturated carbocycles. The van der Waals surface area contributed by atoms with Crippen molar-refractivity contribution in [3.8, 4) is 0 Å². The highest BCUT2D eigenvalue weighted by atomic mass is 19.4. The third kappa shape index (κ3) is 2.97. The van der Waals surface area contributed by atoms with Gasteiger partial charge in [-0.1, -0.05) is 0 Å². The van der Waals surface area contributed by atoms with Gasteiger partial charge in [0.2, 0.25) is 0 Å². The monoisotopic (exact) mass is 287 g/mol. The van der Waals surface area contributed by atoms with Gasteiger partial charge in [-0.15, -0.1) is 0 Å². The second-order valence-corrected chi connectivity index (χ2v) is 4.94. The van der Waals surface area contributed by atoms with Crippen molar-refractivity contribution in [3.63, 3.8) is 0 Å². The summed E-state index contributed by atoms with van der Waals surface area (Å²) in [6, 6.07) is 4.77. The molecule has 1 saturated heterocycles. The summed E-state index contributed by atoms with van der Waals surface area (Å²) in [6.07, 6.45) is -4.02. The van der Waals surface area contributed by atoms with E-state index < -0.39 is 18.0 Å². The minimum absolute atomic E-state index is 0.0553. The highest BCUT2D eigenvalue weighted by Gasteiger charge is 2.41. The molecular weight excluding hydrogens is 271 g/mol. The van der Waals surface area contributed by atoms with Crippen molar-refractivity contribution in [1.82, 2.24) is 0 Å². The van der Waals surface area contributed by atoms with Crippen molar-refractivity contribution in [2.75, 3.05) is 23.7 Å². The maximum Gasteiger partial charge on any atom is 0.391 e. The van der Waals surface area contributed by atoms with Crippen LogP contribution in [0.5, 0.6) is 0 Å². The zero-order valence-corrected chi connectivity index (χ0v) is 10.8. The zero-order chi connectivity index (χ0) is 14.9. The second kappa shape index (κ2) is 5.22. The average Bonchev–Trinajstić information content (AvgIpc) is 2.38. The van der Waals surface area contributed by atoms with E-state index in [1.165, 1.54) is 6.07 Å². The van der Waals surface area contributed by atoms with Crippen molar-refractivity contribution in [2.24, 2.45) is 11.7 Å². The summed E-state index contributed by atoms with van der Waals surface area (Å²) in [5.41, 5.74) is 12.0. The SMILES string of the molecule is NC(=O)c1cc(N2CCC(C(F)(F)F)CC2)ccc1N. The average molecular weight is 287 g/mol. The second-order valence-electron chi connectivity index (χ2n) is 4.94. The predicted octanol–water partition coefficient (Wildman–Crippen LogP) is 2.15. The van der Waals surface area contributed by atoms with E-state index in [0.29, 0.717) is 18.8 Å². The molecule has 0 bridgehead atoms. The number of halogens is 3. The normalized spacial score (nSPS) is 17.2. The summed E-state index contributed by atoms with van der Waals surface area (Å²) in [5.74, 6) is -1.89. The molecule has 20 heavy (non-hydrogen) atoms. The minimum atomic E-state index is -4.13. The number of hydrogen-bond acceptors (Lipinski definition) is 3. The largest absolute Gasteiger partial charge is 0.398 e. The number of amides is 1. The molecule has 0 spiro atoms. The number of primary amides is 1. The number of anilines is 2. The Labute approximate surface area is 114 Å². The van der Waals surface area contributed by atoms with Crippen LogP contribution in [0.1, 0.15) is 23.2 Å². The Morgan fingerprint density at radius 2 is 1.85 bits per heavy atom. The number of alkyl halides is 3. The Balaban J connectivity index is 2.11. The molecule has 1 aliphatic heterocycles. The smallest absolute Gasteiger partial charge is 0.391 e. The number of hydrogen-bond donors (Lipinski definition) is 2. The van der Waals surface area contributed by atoms with Crippen LogP contribution >= 0.6 is 0 Å². The standard InChI is InChI=1S/C13H16F3N3O/c14-13(15,16)8-3-5-19(6-4-8)9-1-2-11(17)10(7-9)12(18)20/h1-2,7-8H,3-6,17H2,(H2,18,20). The Morgan fingerprint density at radius 1 is 1.25 bits per heavy atom. The molecular formula is C13H16F3N3O. The first-order valence-electron chi connectivity index (χ1n) is 6.30. The van der Waals surface area contributed by atoms with Crippen LogP contribution in [0.15, 0.2) is 18.2 Å². The molecule has 0 atom stereocenters. The molecule has 0 aromatic heterocycles. The zero-order valence-electron chi connectivity index (χ0n) is 10.8. The van der Waals surface area contributed by atoms with Crippen molar-refractivity contribution < 1.29 is 18.0 Å². The molecule has 0 unspecified atom stereocenters. The molecule has 0 aliphatic carbocycles. The van der Waals surface area contributed by atoms with Crippen molar-refractivity contribution >= 4 is 17.3 Å². The van der Waals surface area contributed by atoms with Crippen LogP contribution < -0.4 is 16.4 Å². The number of nitrogen functional groups attached to an aromatic ring is 1. The van der Waals surface area contributed by atoms with Gasteiger partial charge in [0.1, 0.15) is 0 Å². The van der Waals surface area contributed by atoms with Gasteiger partial charge in [-0.05, 0) is 31.0 Å². The number of rotatable bonds is 2. The first kappa shape index (κ1) is 14.5. The van der Waals surface area contributed by atoms with Crippen LogP contribution in [0.25, 0.3) is 0 Å². The molecule has 1 aromatic carbocycles. The number of carbonyl (C=O) groups excluding carboxylic acids is 1. The van der Waals surface area contributed by atoms with E-state index in [9.17, 15) is 18.0 Å². The molecule has 2 rings (SSSR count). The fraction of sp³-hybridized carbons (Fsp3) is 0.462. The van der Waals surface area contributed by atoms with Crippen molar-refractivity contribution in [3.05, 3.63) is 23.8 Å². The lowest BCUT2D eigenvalue weighted by atomic mass is 9.95. The minimum Gasteiger partial charge on any atom is -0.398 e. The maximum atomic E-state index is 12.6. The summed E-state index contributed by atoms with van der Waals surface area (Å²) in [5, 5.41) is 0. The van der Waals surface area contributed by atoms with Crippen molar-refractivity contribution in [2.45, 2.75) is 19.0 Å². The first-order chi connectivity index (χ1) is 9.29.